The van der Waals surface area contributed by atoms with Gasteiger partial charge in [-0.3, -0.25) is 4.79 Å². The van der Waals surface area contributed by atoms with Crippen molar-refractivity contribution in [2.24, 2.45) is 5.92 Å². The Hall–Kier alpha value is -1.95. The summed E-state index contributed by atoms with van der Waals surface area (Å²) in [6, 6.07) is 1.53. The van der Waals surface area contributed by atoms with E-state index in [0.717, 1.165) is 25.2 Å². The number of aromatic nitrogens is 3. The molecule has 0 amide bonds. The number of aryl methyl sites for hydroxylation is 1. The van der Waals surface area contributed by atoms with Crippen LogP contribution in [0.4, 0.5) is 0 Å². The number of H-pyrrole nitrogens is 1. The molecular formula is C14H18N4O2. The SMILES string of the molecule is Cc1cc(=O)c(-c2nc(CC3CCCNC3)no2)c[nH]1. The third-order valence-electron chi connectivity index (χ3n) is 3.63. The summed E-state index contributed by atoms with van der Waals surface area (Å²) < 4.78 is 5.21. The molecule has 0 bridgehead atoms. The molecule has 20 heavy (non-hydrogen) atoms. The van der Waals surface area contributed by atoms with E-state index >= 15 is 0 Å². The molecule has 0 radical (unpaired) electrons. The normalized spacial score (nSPS) is 19.1. The van der Waals surface area contributed by atoms with Crippen LogP contribution in [0, 0.1) is 12.8 Å². The Balaban J connectivity index is 1.77. The van der Waals surface area contributed by atoms with Crippen LogP contribution >= 0.6 is 0 Å². The van der Waals surface area contributed by atoms with E-state index in [2.05, 4.69) is 20.4 Å². The summed E-state index contributed by atoms with van der Waals surface area (Å²) in [7, 11) is 0. The van der Waals surface area contributed by atoms with E-state index < -0.39 is 0 Å². The second-order valence-corrected chi connectivity index (χ2v) is 5.33. The van der Waals surface area contributed by atoms with Crippen LogP contribution in [-0.4, -0.2) is 28.2 Å². The van der Waals surface area contributed by atoms with Crippen LogP contribution < -0.4 is 10.7 Å². The van der Waals surface area contributed by atoms with E-state index in [1.165, 1.54) is 18.9 Å². The number of hydrogen-bond donors (Lipinski definition) is 2. The van der Waals surface area contributed by atoms with Gasteiger partial charge in [0.1, 0.15) is 5.56 Å². The Morgan fingerprint density at radius 3 is 3.15 bits per heavy atom. The summed E-state index contributed by atoms with van der Waals surface area (Å²) >= 11 is 0. The van der Waals surface area contributed by atoms with E-state index in [4.69, 9.17) is 4.52 Å². The highest BCUT2D eigenvalue weighted by molar-refractivity contribution is 5.50. The van der Waals surface area contributed by atoms with Crippen molar-refractivity contribution in [3.63, 3.8) is 0 Å². The molecule has 2 N–H and O–H groups in total. The minimum atomic E-state index is -0.101. The van der Waals surface area contributed by atoms with Gasteiger partial charge >= 0.3 is 0 Å². The van der Waals surface area contributed by atoms with Gasteiger partial charge in [0.2, 0.25) is 0 Å². The fourth-order valence-corrected chi connectivity index (χ4v) is 2.54. The lowest BCUT2D eigenvalue weighted by Crippen LogP contribution is -2.31. The van der Waals surface area contributed by atoms with Gasteiger partial charge in [-0.05, 0) is 38.8 Å². The number of nitrogens with zero attached hydrogens (tertiary/aromatic N) is 2. The van der Waals surface area contributed by atoms with Crippen LogP contribution in [0.15, 0.2) is 21.6 Å². The Morgan fingerprint density at radius 2 is 2.40 bits per heavy atom. The van der Waals surface area contributed by atoms with E-state index in [-0.39, 0.29) is 5.43 Å². The molecule has 3 heterocycles. The molecule has 0 saturated carbocycles. The van der Waals surface area contributed by atoms with E-state index in [9.17, 15) is 4.79 Å². The molecule has 6 nitrogen and oxygen atoms in total. The van der Waals surface area contributed by atoms with Crippen molar-refractivity contribution in [1.82, 2.24) is 20.4 Å². The maximum absolute atomic E-state index is 11.9. The van der Waals surface area contributed by atoms with E-state index in [1.807, 2.05) is 6.92 Å². The van der Waals surface area contributed by atoms with Crippen molar-refractivity contribution in [3.8, 4) is 11.5 Å². The molecule has 0 aliphatic carbocycles. The van der Waals surface area contributed by atoms with E-state index in [0.29, 0.717) is 23.2 Å². The Labute approximate surface area is 116 Å². The molecule has 1 saturated heterocycles. The molecule has 0 spiro atoms. The lowest BCUT2D eigenvalue weighted by molar-refractivity contribution is 0.360. The Bertz CT molecular complexity index is 641. The molecule has 1 atom stereocenters. The maximum atomic E-state index is 11.9. The number of nitrogens with one attached hydrogen (secondary N) is 2. The number of aromatic amines is 1. The van der Waals surface area contributed by atoms with Gasteiger partial charge in [0, 0.05) is 24.4 Å². The van der Waals surface area contributed by atoms with Crippen molar-refractivity contribution >= 4 is 0 Å². The monoisotopic (exact) mass is 274 g/mol. The molecule has 2 aromatic heterocycles. The molecule has 1 fully saturated rings. The fourth-order valence-electron chi connectivity index (χ4n) is 2.54. The molecule has 106 valence electrons. The second kappa shape index (κ2) is 5.58. The predicted molar refractivity (Wildman–Crippen MR) is 74.4 cm³/mol. The number of piperidine rings is 1. The summed E-state index contributed by atoms with van der Waals surface area (Å²) in [6.45, 7) is 3.92. The highest BCUT2D eigenvalue weighted by Crippen LogP contribution is 2.17. The first kappa shape index (κ1) is 13.1. The van der Waals surface area contributed by atoms with Crippen LogP contribution in [-0.2, 0) is 6.42 Å². The molecular weight excluding hydrogens is 256 g/mol. The lowest BCUT2D eigenvalue weighted by Gasteiger charge is -2.20. The van der Waals surface area contributed by atoms with Crippen molar-refractivity contribution < 1.29 is 4.52 Å². The predicted octanol–water partition coefficient (Wildman–Crippen LogP) is 1.28. The largest absolute Gasteiger partial charge is 0.364 e. The molecule has 0 aromatic carbocycles. The van der Waals surface area contributed by atoms with Gasteiger partial charge in [-0.15, -0.1) is 0 Å². The van der Waals surface area contributed by atoms with Crippen molar-refractivity contribution in [3.05, 3.63) is 34.0 Å². The number of hydrogen-bond acceptors (Lipinski definition) is 5. The standard InChI is InChI=1S/C14H18N4O2/c1-9-5-12(19)11(8-16-9)14-17-13(18-20-14)6-10-3-2-4-15-7-10/h5,8,10,15H,2-4,6-7H2,1H3,(H,16,19). The minimum Gasteiger partial charge on any atom is -0.364 e. The van der Waals surface area contributed by atoms with Crippen LogP contribution in [0.1, 0.15) is 24.4 Å². The van der Waals surface area contributed by atoms with Crippen LogP contribution in [0.25, 0.3) is 11.5 Å². The van der Waals surface area contributed by atoms with Gasteiger partial charge in [0.05, 0.1) is 0 Å². The second-order valence-electron chi connectivity index (χ2n) is 5.33. The van der Waals surface area contributed by atoms with Gasteiger partial charge in [0.15, 0.2) is 11.3 Å². The Kier molecular flexibility index (Phi) is 3.64. The summed E-state index contributed by atoms with van der Waals surface area (Å²) in [5.74, 6) is 1.52. The molecule has 6 heteroatoms. The third kappa shape index (κ3) is 2.80. The zero-order valence-corrected chi connectivity index (χ0v) is 11.5. The molecule has 1 aliphatic heterocycles. The fraction of sp³-hybridized carbons (Fsp3) is 0.500. The Morgan fingerprint density at radius 1 is 1.50 bits per heavy atom. The summed E-state index contributed by atoms with van der Waals surface area (Å²) in [5.41, 5.74) is 1.14. The maximum Gasteiger partial charge on any atom is 0.263 e. The number of pyridine rings is 1. The minimum absolute atomic E-state index is 0.101. The first-order valence-corrected chi connectivity index (χ1v) is 6.95. The summed E-state index contributed by atoms with van der Waals surface area (Å²) in [6.07, 6.45) is 4.78. The highest BCUT2D eigenvalue weighted by atomic mass is 16.5. The van der Waals surface area contributed by atoms with Gasteiger partial charge < -0.3 is 14.8 Å². The molecule has 1 aliphatic rings. The van der Waals surface area contributed by atoms with Gasteiger partial charge in [0.25, 0.3) is 5.89 Å². The van der Waals surface area contributed by atoms with Crippen molar-refractivity contribution in [1.29, 1.82) is 0 Å². The van der Waals surface area contributed by atoms with Gasteiger partial charge in [-0.25, -0.2) is 0 Å². The molecule has 2 aromatic rings. The average molecular weight is 274 g/mol. The third-order valence-corrected chi connectivity index (χ3v) is 3.63. The van der Waals surface area contributed by atoms with Crippen LogP contribution in [0.3, 0.4) is 0 Å². The average Bonchev–Trinajstić information content (AvgIpc) is 2.88. The van der Waals surface area contributed by atoms with Crippen LogP contribution in [0.5, 0.6) is 0 Å². The summed E-state index contributed by atoms with van der Waals surface area (Å²) in [5, 5.41) is 7.35. The zero-order chi connectivity index (χ0) is 13.9. The molecule has 1 unspecified atom stereocenters. The first-order chi connectivity index (χ1) is 9.72. The number of rotatable bonds is 3. The van der Waals surface area contributed by atoms with Crippen LogP contribution in [0.2, 0.25) is 0 Å². The van der Waals surface area contributed by atoms with Crippen molar-refractivity contribution in [2.75, 3.05) is 13.1 Å². The quantitative estimate of drug-likeness (QED) is 0.880. The highest BCUT2D eigenvalue weighted by Gasteiger charge is 2.18. The van der Waals surface area contributed by atoms with Gasteiger partial charge in [-0.2, -0.15) is 4.98 Å². The lowest BCUT2D eigenvalue weighted by atomic mass is 9.96. The first-order valence-electron chi connectivity index (χ1n) is 6.95. The molecule has 3 rings (SSSR count). The smallest absolute Gasteiger partial charge is 0.263 e. The van der Waals surface area contributed by atoms with Crippen molar-refractivity contribution in [2.45, 2.75) is 26.2 Å². The summed E-state index contributed by atoms with van der Waals surface area (Å²) in [4.78, 5) is 19.2. The zero-order valence-electron chi connectivity index (χ0n) is 11.5. The van der Waals surface area contributed by atoms with E-state index in [1.54, 1.807) is 6.20 Å². The topological polar surface area (TPSA) is 83.8 Å². The van der Waals surface area contributed by atoms with Gasteiger partial charge in [-0.1, -0.05) is 5.16 Å².